The van der Waals surface area contributed by atoms with Crippen LogP contribution in [-0.4, -0.2) is 21.7 Å². The van der Waals surface area contributed by atoms with Gasteiger partial charge in [-0.15, -0.1) is 0 Å². The second-order valence-corrected chi connectivity index (χ2v) is 6.62. The van der Waals surface area contributed by atoms with Crippen LogP contribution in [0.1, 0.15) is 33.9 Å². The molecule has 0 unspecified atom stereocenters. The first-order valence-corrected chi connectivity index (χ1v) is 8.97. The summed E-state index contributed by atoms with van der Waals surface area (Å²) in [5.74, 6) is -0.315. The topological polar surface area (TPSA) is 62.3 Å². The molecule has 0 bridgehead atoms. The third-order valence-electron chi connectivity index (χ3n) is 4.79. The van der Waals surface area contributed by atoms with Crippen LogP contribution >= 0.6 is 0 Å². The smallest absolute Gasteiger partial charge is 0.255 e. The molecule has 4 rings (SSSR count). The normalized spacial score (nSPS) is 13.9. The van der Waals surface area contributed by atoms with Gasteiger partial charge in [0.25, 0.3) is 5.91 Å². The van der Waals surface area contributed by atoms with Gasteiger partial charge in [-0.3, -0.25) is 9.59 Å². The van der Waals surface area contributed by atoms with Gasteiger partial charge in [-0.1, -0.05) is 36.4 Å². The molecule has 1 aromatic heterocycles. The number of anilines is 1. The second kappa shape index (κ2) is 7.60. The quantitative estimate of drug-likeness (QED) is 0.735. The Labute approximate surface area is 161 Å². The van der Waals surface area contributed by atoms with Gasteiger partial charge in [0.1, 0.15) is 11.6 Å². The maximum atomic E-state index is 13.4. The average Bonchev–Trinajstić information content (AvgIpc) is 3.04. The Hall–Kier alpha value is -3.54. The van der Waals surface area contributed by atoms with E-state index < -0.39 is 6.04 Å². The van der Waals surface area contributed by atoms with E-state index >= 15 is 0 Å². The molecule has 1 N–H and O–H groups in total. The summed E-state index contributed by atoms with van der Waals surface area (Å²) in [6, 6.07) is 18.0. The number of nitrogens with zero attached hydrogens (tertiary/aromatic N) is 2. The number of pyridine rings is 1. The Morgan fingerprint density at radius 1 is 1.07 bits per heavy atom. The summed E-state index contributed by atoms with van der Waals surface area (Å²) in [5, 5.41) is 2.75. The Bertz CT molecular complexity index is 1010. The monoisotopic (exact) mass is 375 g/mol. The Morgan fingerprint density at radius 3 is 2.54 bits per heavy atom. The number of carbonyl (C=O) groups excluding carboxylic acids is 2. The van der Waals surface area contributed by atoms with Crippen molar-refractivity contribution in [2.75, 3.05) is 5.32 Å². The number of hydrogen-bond acceptors (Lipinski definition) is 3. The Morgan fingerprint density at radius 2 is 1.82 bits per heavy atom. The van der Waals surface area contributed by atoms with Gasteiger partial charge >= 0.3 is 0 Å². The zero-order chi connectivity index (χ0) is 19.5. The van der Waals surface area contributed by atoms with Crippen LogP contribution in [0.3, 0.4) is 0 Å². The first kappa shape index (κ1) is 17.9. The van der Waals surface area contributed by atoms with Crippen LogP contribution < -0.4 is 5.32 Å². The van der Waals surface area contributed by atoms with Crippen molar-refractivity contribution in [2.24, 2.45) is 0 Å². The fraction of sp³-hybridized carbons (Fsp3) is 0.136. The number of hydrogen-bond donors (Lipinski definition) is 1. The molecule has 5 nitrogen and oxygen atoms in total. The number of halogens is 1. The zero-order valence-electron chi connectivity index (χ0n) is 15.0. The molecule has 1 aliphatic heterocycles. The molecule has 0 fully saturated rings. The number of amides is 2. The zero-order valence-corrected chi connectivity index (χ0v) is 15.0. The highest BCUT2D eigenvalue weighted by molar-refractivity contribution is 5.99. The third kappa shape index (κ3) is 3.62. The van der Waals surface area contributed by atoms with Crippen molar-refractivity contribution < 1.29 is 14.0 Å². The Balaban J connectivity index is 1.61. The molecule has 1 aliphatic rings. The number of fused-ring (bicyclic) bond motifs is 1. The predicted octanol–water partition coefficient (Wildman–Crippen LogP) is 3.95. The lowest BCUT2D eigenvalue weighted by atomic mass is 10.0. The van der Waals surface area contributed by atoms with E-state index in [1.807, 2.05) is 18.2 Å². The van der Waals surface area contributed by atoms with Crippen molar-refractivity contribution in [3.8, 4) is 0 Å². The van der Waals surface area contributed by atoms with Crippen molar-refractivity contribution in [3.05, 3.63) is 95.4 Å². The minimum Gasteiger partial charge on any atom is -0.327 e. The maximum absolute atomic E-state index is 13.4. The van der Waals surface area contributed by atoms with E-state index in [0.29, 0.717) is 23.5 Å². The van der Waals surface area contributed by atoms with Crippen molar-refractivity contribution in [2.45, 2.75) is 19.0 Å². The van der Waals surface area contributed by atoms with E-state index in [9.17, 15) is 14.0 Å². The summed E-state index contributed by atoms with van der Waals surface area (Å²) in [6.07, 6.45) is 1.63. The molecule has 2 aromatic carbocycles. The third-order valence-corrected chi connectivity index (χ3v) is 4.79. The van der Waals surface area contributed by atoms with Gasteiger partial charge in [-0.2, -0.15) is 0 Å². The van der Waals surface area contributed by atoms with E-state index in [1.54, 1.807) is 47.5 Å². The van der Waals surface area contributed by atoms with Gasteiger partial charge < -0.3 is 10.2 Å². The van der Waals surface area contributed by atoms with Crippen molar-refractivity contribution in [1.29, 1.82) is 0 Å². The van der Waals surface area contributed by atoms with Gasteiger partial charge in [0, 0.05) is 18.3 Å². The SMILES string of the molecule is O=C(C[C@H](c1ccc(F)cc1)N1Cc2ccccc2C1=O)Nc1ccccn1. The van der Waals surface area contributed by atoms with Crippen LogP contribution in [0.2, 0.25) is 0 Å². The number of benzene rings is 2. The van der Waals surface area contributed by atoms with Crippen molar-refractivity contribution >= 4 is 17.6 Å². The Kier molecular flexibility index (Phi) is 4.85. The van der Waals surface area contributed by atoms with Gasteiger partial charge in [0.15, 0.2) is 0 Å². The van der Waals surface area contributed by atoms with Crippen LogP contribution in [0.15, 0.2) is 72.9 Å². The summed E-state index contributed by atoms with van der Waals surface area (Å²) >= 11 is 0. The molecule has 0 spiro atoms. The van der Waals surface area contributed by atoms with Crippen LogP contribution in [0.25, 0.3) is 0 Å². The largest absolute Gasteiger partial charge is 0.327 e. The molecule has 0 radical (unpaired) electrons. The van der Waals surface area contributed by atoms with E-state index in [4.69, 9.17) is 0 Å². The van der Waals surface area contributed by atoms with Crippen molar-refractivity contribution in [1.82, 2.24) is 9.88 Å². The molecular weight excluding hydrogens is 357 g/mol. The molecule has 6 heteroatoms. The molecule has 0 aliphatic carbocycles. The lowest BCUT2D eigenvalue weighted by Gasteiger charge is -2.28. The first-order chi connectivity index (χ1) is 13.6. The summed E-state index contributed by atoms with van der Waals surface area (Å²) in [6.45, 7) is 0.411. The number of rotatable bonds is 5. The van der Waals surface area contributed by atoms with Crippen LogP contribution in [0.5, 0.6) is 0 Å². The lowest BCUT2D eigenvalue weighted by molar-refractivity contribution is -0.117. The summed E-state index contributed by atoms with van der Waals surface area (Å²) < 4.78 is 13.4. The molecule has 2 amide bonds. The molecule has 140 valence electrons. The average molecular weight is 375 g/mol. The van der Waals surface area contributed by atoms with Crippen LogP contribution in [0, 0.1) is 5.82 Å². The highest BCUT2D eigenvalue weighted by Gasteiger charge is 2.34. The number of carbonyl (C=O) groups is 2. The van der Waals surface area contributed by atoms with E-state index in [2.05, 4.69) is 10.3 Å². The fourth-order valence-electron chi connectivity index (χ4n) is 3.43. The summed E-state index contributed by atoms with van der Waals surface area (Å²) in [5.41, 5.74) is 2.27. The second-order valence-electron chi connectivity index (χ2n) is 6.62. The highest BCUT2D eigenvalue weighted by atomic mass is 19.1. The summed E-state index contributed by atoms with van der Waals surface area (Å²) in [4.78, 5) is 31.3. The van der Waals surface area contributed by atoms with Crippen LogP contribution in [0.4, 0.5) is 10.2 Å². The highest BCUT2D eigenvalue weighted by Crippen LogP contribution is 2.33. The molecule has 0 saturated heterocycles. The van der Waals surface area contributed by atoms with Crippen LogP contribution in [-0.2, 0) is 11.3 Å². The summed E-state index contributed by atoms with van der Waals surface area (Å²) in [7, 11) is 0. The molecule has 0 saturated carbocycles. The van der Waals surface area contributed by atoms with Gasteiger partial charge in [-0.05, 0) is 41.5 Å². The van der Waals surface area contributed by atoms with Gasteiger partial charge in [0.2, 0.25) is 5.91 Å². The fourth-order valence-corrected chi connectivity index (χ4v) is 3.43. The molecule has 2 heterocycles. The standard InChI is InChI=1S/C22H18FN3O2/c23-17-10-8-15(9-11-17)19(13-21(27)25-20-7-3-4-12-24-20)26-14-16-5-1-2-6-18(16)22(26)28/h1-12,19H,13-14H2,(H,24,25,27)/t19-/m1/s1. The predicted molar refractivity (Wildman–Crippen MR) is 103 cm³/mol. The van der Waals surface area contributed by atoms with E-state index in [0.717, 1.165) is 5.56 Å². The first-order valence-electron chi connectivity index (χ1n) is 8.97. The number of aromatic nitrogens is 1. The molecule has 1 atom stereocenters. The van der Waals surface area contributed by atoms with E-state index in [-0.39, 0.29) is 24.1 Å². The van der Waals surface area contributed by atoms with E-state index in [1.165, 1.54) is 12.1 Å². The van der Waals surface area contributed by atoms with Crippen molar-refractivity contribution in [3.63, 3.8) is 0 Å². The molecule has 28 heavy (non-hydrogen) atoms. The number of nitrogens with one attached hydrogen (secondary N) is 1. The minimum atomic E-state index is -0.510. The maximum Gasteiger partial charge on any atom is 0.255 e. The van der Waals surface area contributed by atoms with Gasteiger partial charge in [-0.25, -0.2) is 9.37 Å². The molecular formula is C22H18FN3O2. The minimum absolute atomic E-state index is 0.0436. The molecule has 3 aromatic rings. The lowest BCUT2D eigenvalue weighted by Crippen LogP contribution is -2.32. The van der Waals surface area contributed by atoms with Gasteiger partial charge in [0.05, 0.1) is 12.5 Å².